The van der Waals surface area contributed by atoms with Gasteiger partial charge in [0.25, 0.3) is 11.5 Å². The Hall–Kier alpha value is -4.38. The molecule has 236 valence electrons. The molecule has 1 aromatic carbocycles. The van der Waals surface area contributed by atoms with Gasteiger partial charge in [0.2, 0.25) is 0 Å². The normalized spacial score (nSPS) is 18.9. The van der Waals surface area contributed by atoms with E-state index in [1.807, 2.05) is 0 Å². The number of esters is 1. The number of carbonyl (C=O) groups is 2. The van der Waals surface area contributed by atoms with Gasteiger partial charge in [-0.3, -0.25) is 14.3 Å². The number of nitrogens with one attached hydrogen (secondary N) is 2. The fourth-order valence-corrected chi connectivity index (χ4v) is 5.25. The lowest BCUT2D eigenvalue weighted by Crippen LogP contribution is -2.47. The van der Waals surface area contributed by atoms with E-state index in [9.17, 15) is 32.8 Å². The second-order valence-corrected chi connectivity index (χ2v) is 11.8. The monoisotopic (exact) mass is 616 g/mol. The van der Waals surface area contributed by atoms with E-state index in [1.54, 1.807) is 44.5 Å². The Morgan fingerprint density at radius 2 is 2.02 bits per heavy atom. The molecule has 1 aliphatic heterocycles. The number of nitrogens with zero attached hydrogens (tertiary/aromatic N) is 4. The highest BCUT2D eigenvalue weighted by atomic mass is 19.4. The predicted molar refractivity (Wildman–Crippen MR) is 155 cm³/mol. The number of benzene rings is 1. The molecule has 2 aromatic heterocycles. The lowest BCUT2D eigenvalue weighted by Gasteiger charge is -2.39. The quantitative estimate of drug-likeness (QED) is 0.339. The minimum atomic E-state index is -4.53. The van der Waals surface area contributed by atoms with Gasteiger partial charge in [0.15, 0.2) is 11.9 Å². The van der Waals surface area contributed by atoms with Crippen LogP contribution in [0.2, 0.25) is 0 Å². The van der Waals surface area contributed by atoms with Crippen LogP contribution in [-0.2, 0) is 19.8 Å². The zero-order valence-corrected chi connectivity index (χ0v) is 25.2. The fraction of sp³-hybridized carbons (Fsp3) is 0.500. The number of anilines is 2. The number of rotatable bonds is 8. The second kappa shape index (κ2) is 12.3. The first-order chi connectivity index (χ1) is 20.6. The van der Waals surface area contributed by atoms with Gasteiger partial charge >= 0.3 is 12.1 Å². The summed E-state index contributed by atoms with van der Waals surface area (Å²) in [6.07, 6.45) is -3.29. The molecule has 2 atom stereocenters. The number of aryl methyl sites for hydroxylation is 1. The molecular formula is C30H35F3N6O5. The van der Waals surface area contributed by atoms with Crippen LogP contribution in [0.15, 0.2) is 35.3 Å². The van der Waals surface area contributed by atoms with E-state index in [2.05, 4.69) is 16.4 Å². The van der Waals surface area contributed by atoms with Gasteiger partial charge in [0, 0.05) is 24.0 Å². The third kappa shape index (κ3) is 7.05. The molecule has 11 nitrogen and oxygen atoms in total. The molecule has 0 saturated carbocycles. The van der Waals surface area contributed by atoms with Gasteiger partial charge in [-0.2, -0.15) is 23.5 Å². The minimum absolute atomic E-state index is 0.0151. The summed E-state index contributed by atoms with van der Waals surface area (Å²) in [6.45, 7) is 6.85. The van der Waals surface area contributed by atoms with Gasteiger partial charge in [-0.25, -0.2) is 4.79 Å². The molecule has 0 aliphatic carbocycles. The van der Waals surface area contributed by atoms with Crippen molar-refractivity contribution >= 4 is 34.3 Å². The average Bonchev–Trinajstić information content (AvgIpc) is 3.30. The van der Waals surface area contributed by atoms with Crippen LogP contribution in [0.3, 0.4) is 0 Å². The zero-order chi connectivity index (χ0) is 32.4. The number of H-pyrrole nitrogens is 1. The molecule has 2 unspecified atom stereocenters. The van der Waals surface area contributed by atoms with E-state index in [0.29, 0.717) is 23.2 Å². The third-order valence-corrected chi connectivity index (χ3v) is 7.31. The van der Waals surface area contributed by atoms with Crippen molar-refractivity contribution in [3.05, 3.63) is 51.9 Å². The van der Waals surface area contributed by atoms with Crippen molar-refractivity contribution in [3.8, 4) is 6.07 Å². The van der Waals surface area contributed by atoms with E-state index >= 15 is 0 Å². The number of hydrogen-bond donors (Lipinski definition) is 2. The van der Waals surface area contributed by atoms with Crippen molar-refractivity contribution in [1.29, 1.82) is 5.26 Å². The average molecular weight is 617 g/mol. The molecular weight excluding hydrogens is 581 g/mol. The number of amides is 1. The standard InChI is InChI=1S/C30H35F3N6O5/c1-6-38(16-30(31,32)33)26(41)20-8-7-19(15-18(20)2)36-24-23-21(10-14-35-25(23)40)39(37-24)29(12-13-34)11-9-22(43-17-29)27(42)44-28(3,4)5/h7-8,10,14-15,22H,6,9,11-12,16-17H2,1-5H3,(H,35,40)(H,36,37). The van der Waals surface area contributed by atoms with Crippen LogP contribution in [0.4, 0.5) is 24.7 Å². The van der Waals surface area contributed by atoms with E-state index < -0.39 is 47.4 Å². The summed E-state index contributed by atoms with van der Waals surface area (Å²) >= 11 is 0. The number of alkyl halides is 3. The van der Waals surface area contributed by atoms with E-state index in [1.165, 1.54) is 25.3 Å². The molecule has 1 aliphatic rings. The Morgan fingerprint density at radius 3 is 2.59 bits per heavy atom. The highest BCUT2D eigenvalue weighted by Crippen LogP contribution is 2.37. The lowest BCUT2D eigenvalue weighted by molar-refractivity contribution is -0.176. The maximum absolute atomic E-state index is 13.0. The molecule has 3 aromatic rings. The topological polar surface area (TPSA) is 142 Å². The van der Waals surface area contributed by atoms with Crippen molar-refractivity contribution in [1.82, 2.24) is 19.7 Å². The van der Waals surface area contributed by atoms with Crippen LogP contribution in [0.5, 0.6) is 0 Å². The number of aromatic amines is 1. The number of ether oxygens (including phenoxy) is 2. The molecule has 4 rings (SSSR count). The number of aromatic nitrogens is 3. The maximum atomic E-state index is 13.0. The van der Waals surface area contributed by atoms with Crippen LogP contribution < -0.4 is 10.9 Å². The summed E-state index contributed by atoms with van der Waals surface area (Å²) in [5.41, 5.74) is -0.722. The van der Waals surface area contributed by atoms with Gasteiger partial charge in [-0.1, -0.05) is 0 Å². The van der Waals surface area contributed by atoms with E-state index in [0.717, 1.165) is 4.90 Å². The molecule has 14 heteroatoms. The number of fused-ring (bicyclic) bond motifs is 1. The molecule has 0 spiro atoms. The Kier molecular flexibility index (Phi) is 9.11. The Balaban J connectivity index is 1.66. The third-order valence-electron chi connectivity index (χ3n) is 7.31. The molecule has 2 N–H and O–H groups in total. The first-order valence-corrected chi connectivity index (χ1v) is 14.1. The van der Waals surface area contributed by atoms with Crippen molar-refractivity contribution in [2.75, 3.05) is 25.0 Å². The Bertz CT molecular complexity index is 1640. The molecule has 1 amide bonds. The van der Waals surface area contributed by atoms with Crippen LogP contribution in [-0.4, -0.2) is 69.1 Å². The molecule has 1 fully saturated rings. The predicted octanol–water partition coefficient (Wildman–Crippen LogP) is 4.93. The number of halogens is 3. The summed E-state index contributed by atoms with van der Waals surface area (Å²) in [4.78, 5) is 41.8. The smallest absolute Gasteiger partial charge is 0.406 e. The maximum Gasteiger partial charge on any atom is 0.406 e. The second-order valence-electron chi connectivity index (χ2n) is 11.8. The number of pyridine rings is 1. The summed E-state index contributed by atoms with van der Waals surface area (Å²) in [5, 5.41) is 17.7. The van der Waals surface area contributed by atoms with Crippen molar-refractivity contribution in [3.63, 3.8) is 0 Å². The molecule has 1 saturated heterocycles. The Labute approximate surface area is 251 Å². The van der Waals surface area contributed by atoms with Crippen molar-refractivity contribution < 1.29 is 32.2 Å². The summed E-state index contributed by atoms with van der Waals surface area (Å²) < 4.78 is 51.9. The van der Waals surface area contributed by atoms with Gasteiger partial charge in [0.1, 0.15) is 17.5 Å². The molecule has 44 heavy (non-hydrogen) atoms. The number of nitriles is 1. The summed E-state index contributed by atoms with van der Waals surface area (Å²) in [7, 11) is 0. The van der Waals surface area contributed by atoms with Crippen LogP contribution >= 0.6 is 0 Å². The van der Waals surface area contributed by atoms with Gasteiger partial charge in [-0.05, 0) is 77.3 Å². The van der Waals surface area contributed by atoms with Crippen LogP contribution in [0.25, 0.3) is 10.9 Å². The van der Waals surface area contributed by atoms with Crippen molar-refractivity contribution in [2.24, 2.45) is 0 Å². The van der Waals surface area contributed by atoms with E-state index in [-0.39, 0.29) is 42.8 Å². The summed E-state index contributed by atoms with van der Waals surface area (Å²) in [6, 6.07) is 8.35. The van der Waals surface area contributed by atoms with Crippen molar-refractivity contribution in [2.45, 2.75) is 77.3 Å². The first-order valence-electron chi connectivity index (χ1n) is 14.1. The zero-order valence-electron chi connectivity index (χ0n) is 25.2. The van der Waals surface area contributed by atoms with Gasteiger partial charge in [0.05, 0.1) is 30.2 Å². The summed E-state index contributed by atoms with van der Waals surface area (Å²) in [5.74, 6) is -1.08. The molecule has 3 heterocycles. The van der Waals surface area contributed by atoms with Gasteiger partial charge in [-0.15, -0.1) is 0 Å². The first kappa shape index (κ1) is 32.5. The fourth-order valence-electron chi connectivity index (χ4n) is 5.25. The number of hydrogen-bond acceptors (Lipinski definition) is 8. The molecule has 0 bridgehead atoms. The highest BCUT2D eigenvalue weighted by Gasteiger charge is 2.43. The largest absolute Gasteiger partial charge is 0.458 e. The molecule has 0 radical (unpaired) electrons. The van der Waals surface area contributed by atoms with E-state index in [4.69, 9.17) is 14.6 Å². The van der Waals surface area contributed by atoms with Crippen LogP contribution in [0, 0.1) is 18.3 Å². The van der Waals surface area contributed by atoms with Gasteiger partial charge < -0.3 is 24.7 Å². The Morgan fingerprint density at radius 1 is 1.30 bits per heavy atom. The SMILES string of the molecule is CCN(CC(F)(F)F)C(=O)c1ccc(Nc2nn(C3(CC#N)CCC(C(=O)OC(C)(C)C)OC3)c3cc[nH]c(=O)c23)cc1C. The van der Waals surface area contributed by atoms with Crippen LogP contribution in [0.1, 0.15) is 62.9 Å². The number of carbonyl (C=O) groups excluding carboxylic acids is 2. The lowest BCUT2D eigenvalue weighted by atomic mass is 9.87. The highest BCUT2D eigenvalue weighted by molar-refractivity contribution is 5.96. The minimum Gasteiger partial charge on any atom is -0.458 e.